The van der Waals surface area contributed by atoms with E-state index in [-0.39, 0.29) is 18.8 Å². The fraction of sp³-hybridized carbons (Fsp3) is 0.632. The van der Waals surface area contributed by atoms with Gasteiger partial charge in [0.2, 0.25) is 6.79 Å². The summed E-state index contributed by atoms with van der Waals surface area (Å²) in [6.45, 7) is 1.73. The van der Waals surface area contributed by atoms with Crippen LogP contribution in [0.5, 0.6) is 11.5 Å². The van der Waals surface area contributed by atoms with Crippen LogP contribution >= 0.6 is 0 Å². The van der Waals surface area contributed by atoms with Crippen molar-refractivity contribution in [1.82, 2.24) is 10.6 Å². The monoisotopic (exact) mass is 360 g/mol. The lowest BCUT2D eigenvalue weighted by Crippen LogP contribution is -2.45. The van der Waals surface area contributed by atoms with Crippen molar-refractivity contribution in [2.45, 2.75) is 56.4 Å². The molecule has 26 heavy (non-hydrogen) atoms. The number of amides is 1. The Bertz CT molecular complexity index is 701. The van der Waals surface area contributed by atoms with E-state index in [1.54, 1.807) is 0 Å². The summed E-state index contributed by atoms with van der Waals surface area (Å²) < 4.78 is 22.3. The smallest absolute Gasteiger partial charge is 0.252 e. The molecule has 2 atom stereocenters. The Morgan fingerprint density at radius 3 is 2.77 bits per heavy atom. The van der Waals surface area contributed by atoms with Gasteiger partial charge in [-0.3, -0.25) is 4.79 Å². The first-order valence-corrected chi connectivity index (χ1v) is 9.44. The van der Waals surface area contributed by atoms with Gasteiger partial charge < -0.3 is 29.6 Å². The highest BCUT2D eigenvalue weighted by Crippen LogP contribution is 2.49. The van der Waals surface area contributed by atoms with E-state index in [1.807, 2.05) is 6.07 Å². The zero-order valence-corrected chi connectivity index (χ0v) is 14.7. The summed E-state index contributed by atoms with van der Waals surface area (Å²) in [4.78, 5) is 12.2. The average molecular weight is 360 g/mol. The van der Waals surface area contributed by atoms with E-state index in [0.717, 1.165) is 29.9 Å². The van der Waals surface area contributed by atoms with Gasteiger partial charge in [0.25, 0.3) is 5.91 Å². The number of carbonyl (C=O) groups is 1. The maximum absolute atomic E-state index is 12.2. The molecule has 2 aliphatic heterocycles. The third kappa shape index (κ3) is 3.39. The van der Waals surface area contributed by atoms with Gasteiger partial charge in [-0.1, -0.05) is 6.07 Å². The summed E-state index contributed by atoms with van der Waals surface area (Å²) in [6.07, 6.45) is 3.79. The van der Waals surface area contributed by atoms with Gasteiger partial charge in [0.1, 0.15) is 12.9 Å². The summed E-state index contributed by atoms with van der Waals surface area (Å²) in [5, 5.41) is 6.38. The lowest BCUT2D eigenvalue weighted by atomic mass is 10.0. The first-order chi connectivity index (χ1) is 12.8. The van der Waals surface area contributed by atoms with E-state index in [9.17, 15) is 4.79 Å². The summed E-state index contributed by atoms with van der Waals surface area (Å²) >= 11 is 0. The second kappa shape index (κ2) is 6.72. The third-order valence-corrected chi connectivity index (χ3v) is 5.30. The summed E-state index contributed by atoms with van der Waals surface area (Å²) in [5.41, 5.74) is 2.42. The van der Waals surface area contributed by atoms with Crippen molar-refractivity contribution in [3.05, 3.63) is 23.3 Å². The van der Waals surface area contributed by atoms with Crippen molar-refractivity contribution >= 4 is 5.91 Å². The molecule has 1 aromatic carbocycles. The molecular formula is C19H24N2O5. The van der Waals surface area contributed by atoms with E-state index >= 15 is 0 Å². The van der Waals surface area contributed by atoms with E-state index < -0.39 is 6.10 Å². The molecule has 2 saturated carbocycles. The van der Waals surface area contributed by atoms with Gasteiger partial charge in [-0.15, -0.1) is 0 Å². The Labute approximate surface area is 152 Å². The van der Waals surface area contributed by atoms with E-state index in [1.165, 1.54) is 18.4 Å². The van der Waals surface area contributed by atoms with Crippen molar-refractivity contribution in [2.75, 3.05) is 20.1 Å². The molecule has 1 amide bonds. The molecule has 1 saturated heterocycles. The number of fused-ring (bicyclic) bond motifs is 1. The fourth-order valence-electron chi connectivity index (χ4n) is 3.57. The van der Waals surface area contributed by atoms with Gasteiger partial charge in [-0.05, 0) is 43.2 Å². The Morgan fingerprint density at radius 2 is 1.96 bits per heavy atom. The predicted octanol–water partition coefficient (Wildman–Crippen LogP) is 1.40. The predicted molar refractivity (Wildman–Crippen MR) is 92.0 cm³/mol. The molecule has 0 unspecified atom stereocenters. The molecule has 2 heterocycles. The molecule has 2 aliphatic carbocycles. The molecule has 7 nitrogen and oxygen atoms in total. The molecular weight excluding hydrogens is 336 g/mol. The molecule has 4 aliphatic rings. The Balaban J connectivity index is 1.19. The number of hydrogen-bond acceptors (Lipinski definition) is 6. The van der Waals surface area contributed by atoms with Crippen LogP contribution in [0.15, 0.2) is 12.1 Å². The van der Waals surface area contributed by atoms with E-state index in [2.05, 4.69) is 16.7 Å². The Hall–Kier alpha value is -1.83. The minimum Gasteiger partial charge on any atom is -0.454 e. The first kappa shape index (κ1) is 16.4. The van der Waals surface area contributed by atoms with Crippen LogP contribution in [0, 0.1) is 0 Å². The average Bonchev–Trinajstić information content (AvgIpc) is 3.55. The van der Waals surface area contributed by atoms with Crippen molar-refractivity contribution in [1.29, 1.82) is 0 Å². The lowest BCUT2D eigenvalue weighted by Gasteiger charge is -2.17. The maximum Gasteiger partial charge on any atom is 0.252 e. The number of hydrogen-bond donors (Lipinski definition) is 2. The topological polar surface area (TPSA) is 78.1 Å². The van der Waals surface area contributed by atoms with Crippen LogP contribution in [-0.4, -0.2) is 44.3 Å². The van der Waals surface area contributed by atoms with Gasteiger partial charge in [0.15, 0.2) is 17.6 Å². The largest absolute Gasteiger partial charge is 0.454 e. The third-order valence-electron chi connectivity index (χ3n) is 5.30. The van der Waals surface area contributed by atoms with Crippen LogP contribution in [0.2, 0.25) is 0 Å². The fourth-order valence-corrected chi connectivity index (χ4v) is 3.57. The van der Waals surface area contributed by atoms with Crippen molar-refractivity contribution in [2.24, 2.45) is 0 Å². The quantitative estimate of drug-likeness (QED) is 0.765. The van der Waals surface area contributed by atoms with Crippen LogP contribution < -0.4 is 20.1 Å². The molecule has 1 aromatic rings. The van der Waals surface area contributed by atoms with E-state index in [0.29, 0.717) is 31.8 Å². The maximum atomic E-state index is 12.2. The molecule has 0 radical (unpaired) electrons. The first-order valence-electron chi connectivity index (χ1n) is 9.44. The van der Waals surface area contributed by atoms with Gasteiger partial charge >= 0.3 is 0 Å². The van der Waals surface area contributed by atoms with Gasteiger partial charge in [-0.25, -0.2) is 0 Å². The summed E-state index contributed by atoms with van der Waals surface area (Å²) in [6, 6.07) is 4.57. The Morgan fingerprint density at radius 1 is 1.08 bits per heavy atom. The molecule has 0 spiro atoms. The highest BCUT2D eigenvalue weighted by atomic mass is 16.7. The molecule has 3 fully saturated rings. The molecule has 5 rings (SSSR count). The van der Waals surface area contributed by atoms with Gasteiger partial charge in [0.05, 0.1) is 0 Å². The highest BCUT2D eigenvalue weighted by molar-refractivity contribution is 5.82. The molecule has 0 aromatic heterocycles. The van der Waals surface area contributed by atoms with Crippen molar-refractivity contribution in [3.8, 4) is 11.5 Å². The van der Waals surface area contributed by atoms with Crippen LogP contribution in [0.1, 0.15) is 42.7 Å². The minimum atomic E-state index is -0.526. The van der Waals surface area contributed by atoms with Crippen molar-refractivity contribution < 1.29 is 23.7 Å². The van der Waals surface area contributed by atoms with Crippen LogP contribution in [0.25, 0.3) is 0 Å². The number of ether oxygens (including phenoxy) is 4. The van der Waals surface area contributed by atoms with Crippen LogP contribution in [0.4, 0.5) is 0 Å². The SMILES string of the molecule is O=C(NC1CC1)[C@@H]1OCO[C@H]1CNCc1cc2c(c(C3CC3)c1)OCO2. The Kier molecular flexibility index (Phi) is 4.23. The molecule has 0 bridgehead atoms. The zero-order valence-electron chi connectivity index (χ0n) is 14.7. The van der Waals surface area contributed by atoms with Gasteiger partial charge in [0, 0.05) is 24.7 Å². The lowest BCUT2D eigenvalue weighted by molar-refractivity contribution is -0.130. The second-order valence-corrected chi connectivity index (χ2v) is 7.52. The number of benzene rings is 1. The molecule has 7 heteroatoms. The molecule has 140 valence electrons. The normalized spacial score (nSPS) is 26.9. The summed E-state index contributed by atoms with van der Waals surface area (Å²) in [7, 11) is 0. The van der Waals surface area contributed by atoms with Crippen LogP contribution in [0.3, 0.4) is 0 Å². The van der Waals surface area contributed by atoms with Crippen LogP contribution in [-0.2, 0) is 20.8 Å². The minimum absolute atomic E-state index is 0.0594. The standard InChI is InChI=1S/C19H24N2O5/c22-19(21-13-3-4-13)18-16(24-10-26-18)8-20-7-11-5-14(12-1-2-12)17-15(6-11)23-9-25-17/h5-6,12-13,16,18,20H,1-4,7-10H2,(H,21,22)/t16-,18+/m0/s1. The van der Waals surface area contributed by atoms with E-state index in [4.69, 9.17) is 18.9 Å². The number of carbonyl (C=O) groups excluding carboxylic acids is 1. The summed E-state index contributed by atoms with van der Waals surface area (Å²) in [5.74, 6) is 2.30. The second-order valence-electron chi connectivity index (χ2n) is 7.52. The van der Waals surface area contributed by atoms with Crippen molar-refractivity contribution in [3.63, 3.8) is 0 Å². The zero-order chi connectivity index (χ0) is 17.5. The highest BCUT2D eigenvalue weighted by Gasteiger charge is 2.37. The number of nitrogens with one attached hydrogen (secondary N) is 2. The molecule has 2 N–H and O–H groups in total. The number of rotatable bonds is 7. The van der Waals surface area contributed by atoms with Gasteiger partial charge in [-0.2, -0.15) is 0 Å².